The third kappa shape index (κ3) is 3.12. The quantitative estimate of drug-likeness (QED) is 0.257. The summed E-state index contributed by atoms with van der Waals surface area (Å²) in [4.78, 5) is 4.09. The van der Waals surface area contributed by atoms with Gasteiger partial charge in [0.1, 0.15) is 11.8 Å². The van der Waals surface area contributed by atoms with Crippen LogP contribution < -0.4 is 0 Å². The predicted molar refractivity (Wildman–Crippen MR) is 148 cm³/mol. The Labute approximate surface area is 206 Å². The summed E-state index contributed by atoms with van der Waals surface area (Å²) in [7, 11) is 0. The number of aromatic nitrogens is 1. The van der Waals surface area contributed by atoms with E-state index in [1.165, 1.54) is 52.8 Å². The van der Waals surface area contributed by atoms with Crippen molar-refractivity contribution in [2.75, 3.05) is 0 Å². The Balaban J connectivity index is 1.47. The molecule has 0 atom stereocenters. The molecule has 0 fully saturated rings. The van der Waals surface area contributed by atoms with Gasteiger partial charge in [-0.15, -0.1) is 11.3 Å². The third-order valence-corrected chi connectivity index (χ3v) is 7.87. The van der Waals surface area contributed by atoms with Crippen LogP contribution in [0.4, 0.5) is 0 Å². The number of hydrogen-bond donors (Lipinski definition) is 0. The molecule has 0 amide bonds. The number of nitriles is 1. The fraction of sp³-hybridized carbons (Fsp3) is 0. The van der Waals surface area contributed by atoms with Crippen LogP contribution in [0.5, 0.6) is 0 Å². The van der Waals surface area contributed by atoms with Crippen LogP contribution in [0.2, 0.25) is 0 Å². The number of benzene rings is 5. The fourth-order valence-corrected chi connectivity index (χ4v) is 6.33. The summed E-state index contributed by atoms with van der Waals surface area (Å²) in [5, 5.41) is 17.0. The number of fused-ring (bicyclic) bond motifs is 7. The first-order valence-electron chi connectivity index (χ1n) is 11.5. The number of hydrogen-bond acceptors (Lipinski definition) is 3. The van der Waals surface area contributed by atoms with Crippen LogP contribution >= 0.6 is 11.3 Å². The van der Waals surface area contributed by atoms with Crippen molar-refractivity contribution in [2.24, 2.45) is 0 Å². The minimum Gasteiger partial charge on any atom is -0.246 e. The number of pyridine rings is 1. The van der Waals surface area contributed by atoms with E-state index in [0.29, 0.717) is 5.69 Å². The van der Waals surface area contributed by atoms with Crippen LogP contribution in [0, 0.1) is 11.3 Å². The van der Waals surface area contributed by atoms with Gasteiger partial charge in [-0.2, -0.15) is 5.26 Å². The second-order valence-corrected chi connectivity index (χ2v) is 9.81. The van der Waals surface area contributed by atoms with Crippen molar-refractivity contribution in [1.29, 1.82) is 5.26 Å². The summed E-state index contributed by atoms with van der Waals surface area (Å²) >= 11 is 1.87. The maximum Gasteiger partial charge on any atom is 0.141 e. The standard InChI is InChI=1S/C32H18N2S/c33-19-24-17-23(15-16-34-24)20-9-11-22(12-10-20)28-18-30-32(27-8-4-3-7-26(27)28)31-25-6-2-1-5-21(25)13-14-29(31)35-30/h1-18H. The highest BCUT2D eigenvalue weighted by atomic mass is 32.1. The first kappa shape index (κ1) is 19.9. The second kappa shape index (κ2) is 7.77. The third-order valence-electron chi connectivity index (χ3n) is 6.77. The normalized spacial score (nSPS) is 11.4. The molecule has 0 aliphatic carbocycles. The van der Waals surface area contributed by atoms with Crippen LogP contribution in [0.15, 0.2) is 109 Å². The van der Waals surface area contributed by atoms with E-state index in [0.717, 1.165) is 11.1 Å². The molecular weight excluding hydrogens is 444 g/mol. The van der Waals surface area contributed by atoms with Gasteiger partial charge in [0, 0.05) is 26.4 Å². The highest BCUT2D eigenvalue weighted by molar-refractivity contribution is 7.26. The van der Waals surface area contributed by atoms with Gasteiger partial charge >= 0.3 is 0 Å². The SMILES string of the molecule is N#Cc1cc(-c2ccc(-c3cc4sc5ccc6ccccc6c5c4c4ccccc34)cc2)ccn1. The van der Waals surface area contributed by atoms with E-state index in [4.69, 9.17) is 0 Å². The fourth-order valence-electron chi connectivity index (χ4n) is 5.15. The van der Waals surface area contributed by atoms with Gasteiger partial charge < -0.3 is 0 Å². The molecule has 162 valence electrons. The van der Waals surface area contributed by atoms with E-state index in [9.17, 15) is 5.26 Å². The molecule has 7 rings (SSSR count). The van der Waals surface area contributed by atoms with Crippen molar-refractivity contribution in [2.45, 2.75) is 0 Å². The summed E-state index contributed by atoms with van der Waals surface area (Å²) in [6.07, 6.45) is 1.69. The molecule has 3 heteroatoms. The maximum atomic E-state index is 9.19. The van der Waals surface area contributed by atoms with Crippen LogP contribution in [0.25, 0.3) is 64.0 Å². The average molecular weight is 463 g/mol. The van der Waals surface area contributed by atoms with Crippen molar-refractivity contribution in [1.82, 2.24) is 4.98 Å². The number of rotatable bonds is 2. The number of nitrogens with zero attached hydrogens (tertiary/aromatic N) is 2. The van der Waals surface area contributed by atoms with Crippen LogP contribution in [-0.2, 0) is 0 Å². The van der Waals surface area contributed by atoms with Gasteiger partial charge in [-0.1, -0.05) is 78.9 Å². The van der Waals surface area contributed by atoms with Crippen molar-refractivity contribution >= 4 is 53.1 Å². The molecule has 0 radical (unpaired) electrons. The summed E-state index contributed by atoms with van der Waals surface area (Å²) < 4.78 is 2.63. The van der Waals surface area contributed by atoms with Crippen molar-refractivity contribution in [3.8, 4) is 28.3 Å². The van der Waals surface area contributed by atoms with E-state index in [1.807, 2.05) is 23.5 Å². The maximum absolute atomic E-state index is 9.19. The average Bonchev–Trinajstić information content (AvgIpc) is 3.32. The lowest BCUT2D eigenvalue weighted by Crippen LogP contribution is -1.86. The smallest absolute Gasteiger partial charge is 0.141 e. The summed E-state index contributed by atoms with van der Waals surface area (Å²) in [6.45, 7) is 0. The monoisotopic (exact) mass is 462 g/mol. The molecule has 0 N–H and O–H groups in total. The minimum atomic E-state index is 0.431. The summed E-state index contributed by atoms with van der Waals surface area (Å²) in [5.41, 5.74) is 4.93. The lowest BCUT2D eigenvalue weighted by Gasteiger charge is -2.11. The van der Waals surface area contributed by atoms with E-state index in [2.05, 4.69) is 102 Å². The van der Waals surface area contributed by atoms with E-state index >= 15 is 0 Å². The van der Waals surface area contributed by atoms with E-state index in [-0.39, 0.29) is 0 Å². The van der Waals surface area contributed by atoms with Gasteiger partial charge in [-0.3, -0.25) is 0 Å². The molecule has 0 bridgehead atoms. The molecule has 0 spiro atoms. The van der Waals surface area contributed by atoms with Crippen molar-refractivity contribution < 1.29 is 0 Å². The summed E-state index contributed by atoms with van der Waals surface area (Å²) in [5.74, 6) is 0. The van der Waals surface area contributed by atoms with E-state index < -0.39 is 0 Å². The Morgan fingerprint density at radius 2 is 1.31 bits per heavy atom. The van der Waals surface area contributed by atoms with Gasteiger partial charge in [0.05, 0.1) is 0 Å². The van der Waals surface area contributed by atoms with Gasteiger partial charge in [0.25, 0.3) is 0 Å². The molecule has 5 aromatic carbocycles. The highest BCUT2D eigenvalue weighted by Crippen LogP contribution is 2.45. The molecule has 0 aliphatic rings. The topological polar surface area (TPSA) is 36.7 Å². The van der Waals surface area contributed by atoms with Crippen LogP contribution in [0.3, 0.4) is 0 Å². The van der Waals surface area contributed by atoms with Crippen molar-refractivity contribution in [3.63, 3.8) is 0 Å². The zero-order valence-corrected chi connectivity index (χ0v) is 19.5. The molecule has 0 saturated carbocycles. The van der Waals surface area contributed by atoms with Gasteiger partial charge in [0.15, 0.2) is 0 Å². The van der Waals surface area contributed by atoms with Gasteiger partial charge in [0.2, 0.25) is 0 Å². The molecule has 2 aromatic heterocycles. The molecule has 7 aromatic rings. The first-order chi connectivity index (χ1) is 17.3. The Bertz CT molecular complexity index is 1960. The lowest BCUT2D eigenvalue weighted by molar-refractivity contribution is 1.26. The molecule has 35 heavy (non-hydrogen) atoms. The number of thiophene rings is 1. The highest BCUT2D eigenvalue weighted by Gasteiger charge is 2.15. The molecule has 0 unspecified atom stereocenters. The van der Waals surface area contributed by atoms with E-state index in [1.54, 1.807) is 6.20 Å². The Kier molecular flexibility index (Phi) is 4.42. The molecule has 2 heterocycles. The van der Waals surface area contributed by atoms with Gasteiger partial charge in [-0.25, -0.2) is 4.98 Å². The molecule has 2 nitrogen and oxygen atoms in total. The molecule has 0 aliphatic heterocycles. The molecular formula is C32H18N2S. The first-order valence-corrected chi connectivity index (χ1v) is 12.3. The van der Waals surface area contributed by atoms with Crippen molar-refractivity contribution in [3.05, 3.63) is 115 Å². The zero-order chi connectivity index (χ0) is 23.4. The zero-order valence-electron chi connectivity index (χ0n) is 18.7. The summed E-state index contributed by atoms with van der Waals surface area (Å²) in [6, 6.07) is 38.8. The van der Waals surface area contributed by atoms with Crippen LogP contribution in [0.1, 0.15) is 5.69 Å². The second-order valence-electron chi connectivity index (χ2n) is 8.72. The predicted octanol–water partition coefficient (Wildman–Crippen LogP) is 8.96. The Morgan fingerprint density at radius 3 is 2.14 bits per heavy atom. The minimum absolute atomic E-state index is 0.431. The van der Waals surface area contributed by atoms with Crippen LogP contribution in [-0.4, -0.2) is 4.98 Å². The Morgan fingerprint density at radius 1 is 0.600 bits per heavy atom. The lowest BCUT2D eigenvalue weighted by atomic mass is 9.93. The Hall–Kier alpha value is -4.52. The largest absolute Gasteiger partial charge is 0.246 e. The molecule has 0 saturated heterocycles. The van der Waals surface area contributed by atoms with Gasteiger partial charge in [-0.05, 0) is 68.1 Å².